The van der Waals surface area contributed by atoms with Gasteiger partial charge in [-0.3, -0.25) is 4.84 Å². The second-order valence-corrected chi connectivity index (χ2v) is 7.10. The molecule has 0 aliphatic carbocycles. The van der Waals surface area contributed by atoms with Crippen molar-refractivity contribution in [3.05, 3.63) is 35.7 Å². The van der Waals surface area contributed by atoms with E-state index in [4.69, 9.17) is 14.6 Å². The summed E-state index contributed by atoms with van der Waals surface area (Å²) >= 11 is 0. The Balaban J connectivity index is 0.000000208. The molecule has 0 bridgehead atoms. The highest BCUT2D eigenvalue weighted by Crippen LogP contribution is 2.23. The predicted molar refractivity (Wildman–Crippen MR) is 101 cm³/mol. The summed E-state index contributed by atoms with van der Waals surface area (Å²) in [6.45, 7) is 6.89. The Labute approximate surface area is 159 Å². The maximum atomic E-state index is 10.9. The summed E-state index contributed by atoms with van der Waals surface area (Å²) in [6, 6.07) is 6.96. The lowest BCUT2D eigenvalue weighted by Crippen LogP contribution is -2.41. The zero-order chi connectivity index (χ0) is 19.9. The van der Waals surface area contributed by atoms with Gasteiger partial charge in [-0.2, -0.15) is 5.26 Å². The average Bonchev–Trinajstić information content (AvgIpc) is 3.18. The van der Waals surface area contributed by atoms with Gasteiger partial charge in [0.1, 0.15) is 18.4 Å². The molecule has 0 amide bonds. The lowest BCUT2D eigenvalue weighted by molar-refractivity contribution is -0.112. The van der Waals surface area contributed by atoms with Crippen LogP contribution >= 0.6 is 0 Å². The highest BCUT2D eigenvalue weighted by atomic mass is 16.7. The Hall–Kier alpha value is -2.92. The molecule has 1 aliphatic rings. The second kappa shape index (κ2) is 9.14. The fourth-order valence-electron chi connectivity index (χ4n) is 2.36. The fraction of sp³-hybridized carbons (Fsp3) is 0.474. The molecular formula is C19H25N5O3. The summed E-state index contributed by atoms with van der Waals surface area (Å²) in [4.78, 5) is 20.4. The first-order chi connectivity index (χ1) is 12.9. The molecule has 1 saturated heterocycles. The smallest absolute Gasteiger partial charge is 0.224 e. The van der Waals surface area contributed by atoms with Crippen LogP contribution in [-0.4, -0.2) is 36.1 Å². The minimum Gasteiger partial charge on any atom is -0.357 e. The fourth-order valence-corrected chi connectivity index (χ4v) is 2.36. The Kier molecular flexibility index (Phi) is 6.91. The number of carbonyl (C=O) groups excluding carboxylic acids is 1. The molecule has 1 N–H and O–H groups in total. The van der Waals surface area contributed by atoms with Gasteiger partial charge in [0, 0.05) is 24.7 Å². The van der Waals surface area contributed by atoms with Crippen LogP contribution in [0.1, 0.15) is 44.9 Å². The van der Waals surface area contributed by atoms with Gasteiger partial charge in [0.2, 0.25) is 5.88 Å². The highest BCUT2D eigenvalue weighted by molar-refractivity contribution is 5.63. The van der Waals surface area contributed by atoms with Crippen molar-refractivity contribution in [2.24, 2.45) is 0 Å². The first-order valence-electron chi connectivity index (χ1n) is 8.77. The van der Waals surface area contributed by atoms with Crippen LogP contribution in [0, 0.1) is 11.3 Å². The van der Waals surface area contributed by atoms with Crippen LogP contribution in [0.4, 0.5) is 11.7 Å². The lowest BCUT2D eigenvalue weighted by Gasteiger charge is -2.31. The van der Waals surface area contributed by atoms with Crippen LogP contribution in [0.25, 0.3) is 0 Å². The van der Waals surface area contributed by atoms with E-state index >= 15 is 0 Å². The van der Waals surface area contributed by atoms with Gasteiger partial charge in [-0.05, 0) is 25.0 Å². The summed E-state index contributed by atoms with van der Waals surface area (Å²) in [5.74, 6) is 1.28. The van der Waals surface area contributed by atoms with E-state index in [1.165, 1.54) is 11.3 Å². The normalized spacial score (nSPS) is 16.7. The van der Waals surface area contributed by atoms with Crippen LogP contribution in [0.2, 0.25) is 0 Å². The zero-order valence-corrected chi connectivity index (χ0v) is 16.1. The molecule has 3 heterocycles. The topological polar surface area (TPSA) is 104 Å². The molecule has 0 aromatic carbocycles. The van der Waals surface area contributed by atoms with Gasteiger partial charge >= 0.3 is 0 Å². The van der Waals surface area contributed by atoms with Crippen LogP contribution in [-0.2, 0) is 15.0 Å². The Morgan fingerprint density at radius 2 is 2.19 bits per heavy atom. The minimum absolute atomic E-state index is 0.0681. The molecule has 2 aromatic rings. The zero-order valence-electron chi connectivity index (χ0n) is 16.1. The standard InChI is InChI=1S/C11H11N3O2.C8H14N2O/c12-6-9-3-4-11(13-7-9)14-10(8-15)2-1-5-16-14;1-8(2,3)6-5-7(9-4)11-10-6/h3-4,7-8,10H,1-2,5H2;5,9H,1-4H3. The van der Waals surface area contributed by atoms with Gasteiger partial charge in [0.05, 0.1) is 17.9 Å². The monoisotopic (exact) mass is 371 g/mol. The first kappa shape index (κ1) is 20.4. The molecule has 2 aromatic heterocycles. The van der Waals surface area contributed by atoms with Gasteiger partial charge < -0.3 is 14.6 Å². The summed E-state index contributed by atoms with van der Waals surface area (Å²) in [5.41, 5.74) is 1.53. The SMILES string of the molecule is CNc1cc(C(C)(C)C)no1.N#Cc1ccc(N2OCCCC2C=O)nc1. The summed E-state index contributed by atoms with van der Waals surface area (Å²) < 4.78 is 4.98. The number of carbonyl (C=O) groups is 1. The lowest BCUT2D eigenvalue weighted by atomic mass is 9.92. The maximum absolute atomic E-state index is 10.9. The van der Waals surface area contributed by atoms with Crippen molar-refractivity contribution < 1.29 is 14.2 Å². The number of pyridine rings is 1. The summed E-state index contributed by atoms with van der Waals surface area (Å²) in [5, 5.41) is 17.0. The molecular weight excluding hydrogens is 346 g/mol. The minimum atomic E-state index is -0.283. The van der Waals surface area contributed by atoms with E-state index in [0.29, 0.717) is 18.0 Å². The van der Waals surface area contributed by atoms with Crippen molar-refractivity contribution in [2.75, 3.05) is 24.0 Å². The third-order valence-corrected chi connectivity index (χ3v) is 3.96. The number of aromatic nitrogens is 2. The van der Waals surface area contributed by atoms with Crippen LogP contribution in [0.15, 0.2) is 28.9 Å². The average molecular weight is 371 g/mol. The van der Waals surface area contributed by atoms with E-state index in [1.54, 1.807) is 12.1 Å². The third kappa shape index (κ3) is 5.53. The van der Waals surface area contributed by atoms with E-state index < -0.39 is 0 Å². The number of nitriles is 1. The Morgan fingerprint density at radius 1 is 1.41 bits per heavy atom. The molecule has 0 spiro atoms. The molecule has 0 saturated carbocycles. The van der Waals surface area contributed by atoms with Gasteiger partial charge in [-0.15, -0.1) is 0 Å². The molecule has 1 atom stereocenters. The molecule has 8 heteroatoms. The molecule has 0 radical (unpaired) electrons. The summed E-state index contributed by atoms with van der Waals surface area (Å²) in [7, 11) is 1.81. The number of hydroxylamine groups is 1. The number of nitrogens with zero attached hydrogens (tertiary/aromatic N) is 4. The number of hydrogen-bond donors (Lipinski definition) is 1. The molecule has 27 heavy (non-hydrogen) atoms. The van der Waals surface area contributed by atoms with Gasteiger partial charge in [0.25, 0.3) is 0 Å². The van der Waals surface area contributed by atoms with Crippen LogP contribution < -0.4 is 10.4 Å². The van der Waals surface area contributed by atoms with Gasteiger partial charge in [-0.25, -0.2) is 10.0 Å². The number of nitrogens with one attached hydrogen (secondary N) is 1. The van der Waals surface area contributed by atoms with Crippen molar-refractivity contribution in [3.8, 4) is 6.07 Å². The van der Waals surface area contributed by atoms with Crippen molar-refractivity contribution in [1.82, 2.24) is 10.1 Å². The highest BCUT2D eigenvalue weighted by Gasteiger charge is 2.24. The van der Waals surface area contributed by atoms with E-state index in [2.05, 4.69) is 36.2 Å². The van der Waals surface area contributed by atoms with Crippen molar-refractivity contribution in [3.63, 3.8) is 0 Å². The number of rotatable bonds is 3. The summed E-state index contributed by atoms with van der Waals surface area (Å²) in [6.07, 6.45) is 3.97. The van der Waals surface area contributed by atoms with E-state index in [-0.39, 0.29) is 11.5 Å². The molecule has 1 unspecified atom stereocenters. The largest absolute Gasteiger partial charge is 0.357 e. The number of hydrogen-bond acceptors (Lipinski definition) is 8. The number of aldehydes is 1. The van der Waals surface area contributed by atoms with Gasteiger partial charge in [0.15, 0.2) is 5.82 Å². The molecule has 1 aliphatic heterocycles. The number of anilines is 2. The predicted octanol–water partition coefficient (Wildman–Crippen LogP) is 3.07. The van der Waals surface area contributed by atoms with E-state index in [1.807, 2.05) is 19.2 Å². The molecule has 144 valence electrons. The quantitative estimate of drug-likeness (QED) is 0.821. The third-order valence-electron chi connectivity index (χ3n) is 3.96. The first-order valence-corrected chi connectivity index (χ1v) is 8.77. The van der Waals surface area contributed by atoms with E-state index in [0.717, 1.165) is 30.7 Å². The molecule has 1 fully saturated rings. The molecule has 3 rings (SSSR count). The van der Waals surface area contributed by atoms with Crippen molar-refractivity contribution in [2.45, 2.75) is 45.1 Å². The van der Waals surface area contributed by atoms with Crippen molar-refractivity contribution >= 4 is 18.0 Å². The van der Waals surface area contributed by atoms with Crippen LogP contribution in [0.3, 0.4) is 0 Å². The second-order valence-electron chi connectivity index (χ2n) is 7.10. The van der Waals surface area contributed by atoms with E-state index in [9.17, 15) is 4.79 Å². The Morgan fingerprint density at radius 3 is 2.67 bits per heavy atom. The van der Waals surface area contributed by atoms with Crippen LogP contribution in [0.5, 0.6) is 0 Å². The maximum Gasteiger partial charge on any atom is 0.224 e. The Bertz CT molecular complexity index is 774. The molecule has 8 nitrogen and oxygen atoms in total. The van der Waals surface area contributed by atoms with Crippen molar-refractivity contribution in [1.29, 1.82) is 5.26 Å². The van der Waals surface area contributed by atoms with Gasteiger partial charge in [-0.1, -0.05) is 25.9 Å².